The van der Waals surface area contributed by atoms with Crippen LogP contribution < -0.4 is 0 Å². The molecule has 6 nitrogen and oxygen atoms in total. The minimum absolute atomic E-state index is 0.290. The molecule has 3 aromatic carbocycles. The van der Waals surface area contributed by atoms with Crippen molar-refractivity contribution >= 4 is 41.0 Å². The van der Waals surface area contributed by atoms with E-state index in [0.29, 0.717) is 16.7 Å². The second-order valence-electron chi connectivity index (χ2n) is 6.97. The van der Waals surface area contributed by atoms with Crippen LogP contribution in [0.15, 0.2) is 72.8 Å². The van der Waals surface area contributed by atoms with E-state index in [4.69, 9.17) is 8.44 Å². The summed E-state index contributed by atoms with van der Waals surface area (Å²) < 4.78 is 16.2. The van der Waals surface area contributed by atoms with Gasteiger partial charge < -0.3 is 0 Å². The van der Waals surface area contributed by atoms with Gasteiger partial charge in [0.25, 0.3) is 0 Å². The third-order valence-corrected chi connectivity index (χ3v) is 7.91. The van der Waals surface area contributed by atoms with Crippen LogP contribution in [0.2, 0.25) is 0 Å². The van der Waals surface area contributed by atoms with Crippen molar-refractivity contribution in [1.82, 2.24) is 0 Å². The van der Waals surface area contributed by atoms with Crippen molar-refractivity contribution in [2.45, 2.75) is 20.8 Å². The number of benzene rings is 3. The van der Waals surface area contributed by atoms with Crippen molar-refractivity contribution in [3.63, 3.8) is 0 Å². The van der Waals surface area contributed by atoms with Gasteiger partial charge in [-0.15, -0.1) is 0 Å². The van der Waals surface area contributed by atoms with Gasteiger partial charge in [0, 0.05) is 0 Å². The maximum absolute atomic E-state index is 12.6. The van der Waals surface area contributed by atoms with Crippen molar-refractivity contribution in [3.8, 4) is 0 Å². The first-order valence-electron chi connectivity index (χ1n) is 9.49. The summed E-state index contributed by atoms with van der Waals surface area (Å²) >= 11 is -4.29. The fourth-order valence-electron chi connectivity index (χ4n) is 2.73. The average molecular weight is 614 g/mol. The molecule has 0 aliphatic carbocycles. The van der Waals surface area contributed by atoms with Gasteiger partial charge in [0.1, 0.15) is 0 Å². The molecule has 7 heteroatoms. The van der Waals surface area contributed by atoms with Gasteiger partial charge in [-0.3, -0.25) is 0 Å². The Hall–Kier alpha value is -3.05. The molecule has 31 heavy (non-hydrogen) atoms. The van der Waals surface area contributed by atoms with Gasteiger partial charge in [0.2, 0.25) is 0 Å². The summed E-state index contributed by atoms with van der Waals surface area (Å²) in [7, 11) is 0. The van der Waals surface area contributed by atoms with E-state index >= 15 is 0 Å². The van der Waals surface area contributed by atoms with E-state index in [0.717, 1.165) is 16.7 Å². The summed E-state index contributed by atoms with van der Waals surface area (Å²) in [5.41, 5.74) is 3.48. The third-order valence-electron chi connectivity index (χ3n) is 4.23. The maximum atomic E-state index is 12.6. The summed E-state index contributed by atoms with van der Waals surface area (Å²) in [6.45, 7) is 5.52. The van der Waals surface area contributed by atoms with E-state index in [1.54, 1.807) is 54.6 Å². The number of aryl methyl sites for hydroxylation is 3. The molecule has 0 fully saturated rings. The van der Waals surface area contributed by atoms with Crippen LogP contribution in [-0.2, 0) is 8.44 Å². The summed E-state index contributed by atoms with van der Waals surface area (Å²) in [4.78, 5) is 37.8. The summed E-state index contributed by atoms with van der Waals surface area (Å²) in [6.07, 6.45) is 0. The van der Waals surface area contributed by atoms with Crippen LogP contribution in [-0.4, -0.2) is 41.0 Å². The summed E-state index contributed by atoms with van der Waals surface area (Å²) in [6, 6.07) is 20.4. The Kier molecular flexibility index (Phi) is 7.53. The van der Waals surface area contributed by atoms with Crippen molar-refractivity contribution in [1.29, 1.82) is 0 Å². The van der Waals surface area contributed by atoms with Gasteiger partial charge in [-0.25, -0.2) is 0 Å². The summed E-state index contributed by atoms with van der Waals surface area (Å²) in [5, 5.41) is 0. The predicted molar refractivity (Wildman–Crippen MR) is 116 cm³/mol. The molecule has 0 bridgehead atoms. The fraction of sp³-hybridized carbons (Fsp3) is 0.125. The number of carbonyl (C=O) groups excluding carboxylic acids is 3. The summed E-state index contributed by atoms with van der Waals surface area (Å²) in [5.74, 6) is -2.10. The molecule has 0 saturated heterocycles. The van der Waals surface area contributed by atoms with Crippen molar-refractivity contribution in [2.24, 2.45) is 0 Å². The zero-order chi connectivity index (χ0) is 22.4. The second-order valence-corrected chi connectivity index (χ2v) is 10.8. The predicted octanol–water partition coefficient (Wildman–Crippen LogP) is 4.47. The second kappa shape index (κ2) is 10.3. The molecule has 158 valence electrons. The van der Waals surface area contributed by atoms with E-state index in [9.17, 15) is 14.4 Å². The Labute approximate surface area is 190 Å². The molecule has 0 atom stereocenters. The van der Waals surface area contributed by atoms with Crippen LogP contribution in [0.3, 0.4) is 0 Å². The Morgan fingerprint density at radius 1 is 0.548 bits per heavy atom. The van der Waals surface area contributed by atoms with Gasteiger partial charge in [0.05, 0.1) is 0 Å². The van der Waals surface area contributed by atoms with E-state index in [-0.39, 0.29) is 0 Å². The molecule has 0 aliphatic heterocycles. The Morgan fingerprint density at radius 3 is 1.10 bits per heavy atom. The van der Waals surface area contributed by atoms with Crippen LogP contribution >= 0.6 is 0 Å². The molecule has 3 aromatic rings. The van der Waals surface area contributed by atoms with E-state index in [2.05, 4.69) is 0 Å². The standard InChI is InChI=1S/3C8H8O2.Bi/c3*1-6-3-2-4-7(5-6)8(9)10;/h3*2-5H,1H3,(H,9,10);/q;;;+3/p-3. The van der Waals surface area contributed by atoms with Gasteiger partial charge in [0.15, 0.2) is 0 Å². The zero-order valence-corrected chi connectivity index (χ0v) is 20.8. The molecule has 0 spiro atoms. The molecule has 3 rings (SSSR count). The van der Waals surface area contributed by atoms with E-state index < -0.39 is 41.0 Å². The zero-order valence-electron chi connectivity index (χ0n) is 17.3. The monoisotopic (exact) mass is 614 g/mol. The van der Waals surface area contributed by atoms with Gasteiger partial charge in [-0.2, -0.15) is 0 Å². The number of hydrogen-bond acceptors (Lipinski definition) is 6. The first-order valence-corrected chi connectivity index (χ1v) is 13.7. The topological polar surface area (TPSA) is 78.9 Å². The molecule has 0 radical (unpaired) electrons. The van der Waals surface area contributed by atoms with Crippen molar-refractivity contribution in [3.05, 3.63) is 106 Å². The van der Waals surface area contributed by atoms with Crippen LogP contribution in [0.25, 0.3) is 0 Å². The van der Waals surface area contributed by atoms with Crippen molar-refractivity contribution in [2.75, 3.05) is 0 Å². The van der Waals surface area contributed by atoms with Gasteiger partial charge >= 0.3 is 191 Å². The Balaban J connectivity index is 1.81. The first-order chi connectivity index (χ1) is 14.8. The molecule has 0 N–H and O–H groups in total. The van der Waals surface area contributed by atoms with Crippen LogP contribution in [0.4, 0.5) is 0 Å². The normalized spacial score (nSPS) is 10.5. The van der Waals surface area contributed by atoms with Crippen LogP contribution in [0.1, 0.15) is 47.8 Å². The SMILES string of the molecule is Cc1cccc(C(=O)[O][Bi]([O]C(=O)c2cccc(C)c2)[O]C(=O)c2cccc(C)c2)c1. The molecule has 0 aromatic heterocycles. The van der Waals surface area contributed by atoms with E-state index in [1.807, 2.05) is 39.0 Å². The quantitative estimate of drug-likeness (QED) is 0.382. The Bertz CT molecular complexity index is 983. The van der Waals surface area contributed by atoms with Crippen molar-refractivity contribution < 1.29 is 22.8 Å². The van der Waals surface area contributed by atoms with Crippen LogP contribution in [0, 0.1) is 20.8 Å². The number of rotatable bonds is 6. The molecule has 0 unspecified atom stereocenters. The molecular weight excluding hydrogens is 593 g/mol. The Morgan fingerprint density at radius 2 is 0.839 bits per heavy atom. The average Bonchev–Trinajstić information content (AvgIpc) is 2.73. The molecule has 0 amide bonds. The molecule has 0 heterocycles. The molecular formula is C24H21BiO6. The fourth-order valence-corrected chi connectivity index (χ4v) is 5.98. The van der Waals surface area contributed by atoms with Gasteiger partial charge in [-0.05, 0) is 0 Å². The van der Waals surface area contributed by atoms with Crippen LogP contribution in [0.5, 0.6) is 0 Å². The molecule has 0 saturated carbocycles. The third kappa shape index (κ3) is 6.46. The van der Waals surface area contributed by atoms with E-state index in [1.165, 1.54) is 0 Å². The first kappa shape index (κ1) is 22.6. The van der Waals surface area contributed by atoms with Gasteiger partial charge in [-0.1, -0.05) is 0 Å². The number of hydrogen-bond donors (Lipinski definition) is 0. The number of carbonyl (C=O) groups is 3. The minimum atomic E-state index is -4.29. The molecule has 0 aliphatic rings.